The number of nitrogens with one attached hydrogen (secondary N) is 1. The highest BCUT2D eigenvalue weighted by molar-refractivity contribution is 5.67. The molecule has 1 aromatic rings. The van der Waals surface area contributed by atoms with Gasteiger partial charge in [0.05, 0.1) is 11.6 Å². The number of alkyl carbamates (subject to hydrolysis) is 1. The van der Waals surface area contributed by atoms with Gasteiger partial charge in [-0.25, -0.2) is 4.79 Å². The van der Waals surface area contributed by atoms with Crippen LogP contribution < -0.4 is 10.9 Å². The lowest BCUT2D eigenvalue weighted by Gasteiger charge is -2.19. The normalized spacial score (nSPS) is 10.6. The number of hydrogen-bond donors (Lipinski definition) is 1. The molecule has 102 valence electrons. The number of nitriles is 1. The van der Waals surface area contributed by atoms with Gasteiger partial charge in [-0.05, 0) is 26.8 Å². The fourth-order valence-electron chi connectivity index (χ4n) is 1.35. The van der Waals surface area contributed by atoms with Gasteiger partial charge in [-0.3, -0.25) is 4.79 Å². The summed E-state index contributed by atoms with van der Waals surface area (Å²) >= 11 is 0. The maximum atomic E-state index is 11.6. The lowest BCUT2D eigenvalue weighted by atomic mass is 10.2. The third-order valence-corrected chi connectivity index (χ3v) is 2.15. The van der Waals surface area contributed by atoms with Crippen molar-refractivity contribution < 1.29 is 9.53 Å². The maximum Gasteiger partial charge on any atom is 0.407 e. The van der Waals surface area contributed by atoms with Crippen molar-refractivity contribution in [2.24, 2.45) is 0 Å². The molecule has 1 rings (SSSR count). The van der Waals surface area contributed by atoms with E-state index in [0.717, 1.165) is 0 Å². The van der Waals surface area contributed by atoms with Gasteiger partial charge in [0, 0.05) is 25.4 Å². The van der Waals surface area contributed by atoms with Gasteiger partial charge >= 0.3 is 6.09 Å². The summed E-state index contributed by atoms with van der Waals surface area (Å²) in [6, 6.07) is 4.70. The third kappa shape index (κ3) is 5.25. The van der Waals surface area contributed by atoms with Gasteiger partial charge in [-0.15, -0.1) is 0 Å². The first kappa shape index (κ1) is 14.8. The molecule has 0 saturated carbocycles. The van der Waals surface area contributed by atoms with E-state index in [1.807, 2.05) is 6.07 Å². The van der Waals surface area contributed by atoms with Gasteiger partial charge in [-0.1, -0.05) is 0 Å². The van der Waals surface area contributed by atoms with Crippen LogP contribution in [0.3, 0.4) is 0 Å². The van der Waals surface area contributed by atoms with Crippen molar-refractivity contribution in [3.8, 4) is 6.07 Å². The number of amides is 1. The van der Waals surface area contributed by atoms with Gasteiger partial charge < -0.3 is 14.6 Å². The van der Waals surface area contributed by atoms with Crippen molar-refractivity contribution >= 4 is 6.09 Å². The van der Waals surface area contributed by atoms with Gasteiger partial charge in [0.15, 0.2) is 0 Å². The Morgan fingerprint density at radius 3 is 2.74 bits per heavy atom. The Morgan fingerprint density at radius 1 is 1.53 bits per heavy atom. The first-order chi connectivity index (χ1) is 8.81. The lowest BCUT2D eigenvalue weighted by molar-refractivity contribution is 0.0526. The molecule has 6 heteroatoms. The summed E-state index contributed by atoms with van der Waals surface area (Å²) in [6.45, 7) is 5.93. The quantitative estimate of drug-likeness (QED) is 0.889. The molecule has 6 nitrogen and oxygen atoms in total. The van der Waals surface area contributed by atoms with Gasteiger partial charge in [-0.2, -0.15) is 5.26 Å². The molecule has 0 aliphatic carbocycles. The molecular weight excluding hydrogens is 246 g/mol. The zero-order chi connectivity index (χ0) is 14.5. The average molecular weight is 263 g/mol. The Balaban J connectivity index is 2.48. The zero-order valence-electron chi connectivity index (χ0n) is 11.3. The second-order valence-corrected chi connectivity index (χ2v) is 4.99. The van der Waals surface area contributed by atoms with Crippen molar-refractivity contribution in [1.82, 2.24) is 9.88 Å². The third-order valence-electron chi connectivity index (χ3n) is 2.15. The second kappa shape index (κ2) is 6.05. The highest BCUT2D eigenvalue weighted by atomic mass is 16.6. The van der Waals surface area contributed by atoms with E-state index in [1.165, 1.54) is 16.8 Å². The molecule has 1 amide bonds. The van der Waals surface area contributed by atoms with Crippen LogP contribution >= 0.6 is 0 Å². The molecule has 0 aromatic carbocycles. The number of rotatable bonds is 3. The molecule has 0 aliphatic rings. The van der Waals surface area contributed by atoms with Gasteiger partial charge in [0.25, 0.3) is 5.56 Å². The summed E-state index contributed by atoms with van der Waals surface area (Å²) in [5.74, 6) is 0. The standard InChI is InChI=1S/C13H17N3O3/c1-13(2,3)19-12(18)15-5-7-16-6-4-10(9-14)8-11(16)17/h4,6,8H,5,7H2,1-3H3,(H,15,18). The molecule has 1 heterocycles. The number of pyridine rings is 1. The molecule has 0 spiro atoms. The molecule has 0 unspecified atom stereocenters. The van der Waals surface area contributed by atoms with Crippen LogP contribution in [-0.2, 0) is 11.3 Å². The molecule has 1 N–H and O–H groups in total. The number of aromatic nitrogens is 1. The Labute approximate surface area is 111 Å². The molecule has 0 atom stereocenters. The minimum absolute atomic E-state index is 0.273. The molecule has 0 aliphatic heterocycles. The summed E-state index contributed by atoms with van der Waals surface area (Å²) in [5.41, 5.74) is -0.499. The SMILES string of the molecule is CC(C)(C)OC(=O)NCCn1ccc(C#N)cc1=O. The lowest BCUT2D eigenvalue weighted by Crippen LogP contribution is -2.35. The zero-order valence-corrected chi connectivity index (χ0v) is 11.3. The summed E-state index contributed by atoms with van der Waals surface area (Å²) in [7, 11) is 0. The van der Waals surface area contributed by atoms with E-state index in [4.69, 9.17) is 10.00 Å². The molecule has 0 bridgehead atoms. The minimum Gasteiger partial charge on any atom is -0.444 e. The Morgan fingerprint density at radius 2 is 2.21 bits per heavy atom. The van der Waals surface area contributed by atoms with Gasteiger partial charge in [0.1, 0.15) is 5.60 Å². The van der Waals surface area contributed by atoms with Crippen molar-refractivity contribution in [2.75, 3.05) is 6.54 Å². The van der Waals surface area contributed by atoms with E-state index in [2.05, 4.69) is 5.32 Å². The number of hydrogen-bond acceptors (Lipinski definition) is 4. The smallest absolute Gasteiger partial charge is 0.407 e. The van der Waals surface area contributed by atoms with Crippen LogP contribution in [0.15, 0.2) is 23.1 Å². The van der Waals surface area contributed by atoms with Crippen LogP contribution in [0.25, 0.3) is 0 Å². The minimum atomic E-state index is -0.546. The van der Waals surface area contributed by atoms with E-state index in [-0.39, 0.29) is 12.1 Å². The number of ether oxygens (including phenoxy) is 1. The first-order valence-corrected chi connectivity index (χ1v) is 5.89. The van der Waals surface area contributed by atoms with Crippen molar-refractivity contribution in [3.05, 3.63) is 34.2 Å². The topological polar surface area (TPSA) is 84.1 Å². The van der Waals surface area contributed by atoms with Crippen molar-refractivity contribution in [3.63, 3.8) is 0 Å². The molecule has 0 saturated heterocycles. The summed E-state index contributed by atoms with van der Waals surface area (Å²) in [4.78, 5) is 22.9. The summed E-state index contributed by atoms with van der Waals surface area (Å²) in [6.07, 6.45) is 1.01. The number of nitrogens with zero attached hydrogens (tertiary/aromatic N) is 2. The number of carbonyl (C=O) groups is 1. The predicted octanol–water partition coefficient (Wildman–Crippen LogP) is 1.24. The average Bonchev–Trinajstić information content (AvgIpc) is 2.28. The predicted molar refractivity (Wildman–Crippen MR) is 69.7 cm³/mol. The fourth-order valence-corrected chi connectivity index (χ4v) is 1.35. The first-order valence-electron chi connectivity index (χ1n) is 5.89. The van der Waals surface area contributed by atoms with Crippen LogP contribution in [0.1, 0.15) is 26.3 Å². The fraction of sp³-hybridized carbons (Fsp3) is 0.462. The van der Waals surface area contributed by atoms with Gasteiger partial charge in [0.2, 0.25) is 0 Å². The molecule has 19 heavy (non-hydrogen) atoms. The Hall–Kier alpha value is -2.29. The molecule has 0 fully saturated rings. The van der Waals surface area contributed by atoms with Crippen LogP contribution in [0.4, 0.5) is 4.79 Å². The van der Waals surface area contributed by atoms with E-state index in [9.17, 15) is 9.59 Å². The molecular formula is C13H17N3O3. The summed E-state index contributed by atoms with van der Waals surface area (Å²) in [5, 5.41) is 11.2. The van der Waals surface area contributed by atoms with Crippen molar-refractivity contribution in [2.45, 2.75) is 32.9 Å². The largest absolute Gasteiger partial charge is 0.444 e. The monoisotopic (exact) mass is 263 g/mol. The Bertz CT molecular complexity index is 549. The van der Waals surface area contributed by atoms with E-state index in [1.54, 1.807) is 26.8 Å². The van der Waals surface area contributed by atoms with Crippen LogP contribution in [0.5, 0.6) is 0 Å². The highest BCUT2D eigenvalue weighted by Gasteiger charge is 2.15. The van der Waals surface area contributed by atoms with E-state index < -0.39 is 11.7 Å². The van der Waals surface area contributed by atoms with Crippen LogP contribution in [0, 0.1) is 11.3 Å². The Kier molecular flexibility index (Phi) is 4.70. The number of carbonyl (C=O) groups excluding carboxylic acids is 1. The van der Waals surface area contributed by atoms with E-state index in [0.29, 0.717) is 12.1 Å². The highest BCUT2D eigenvalue weighted by Crippen LogP contribution is 2.06. The van der Waals surface area contributed by atoms with Crippen LogP contribution in [0.2, 0.25) is 0 Å². The van der Waals surface area contributed by atoms with E-state index >= 15 is 0 Å². The van der Waals surface area contributed by atoms with Crippen LogP contribution in [-0.4, -0.2) is 22.8 Å². The summed E-state index contributed by atoms with van der Waals surface area (Å²) < 4.78 is 6.48. The van der Waals surface area contributed by atoms with Crippen molar-refractivity contribution in [1.29, 1.82) is 5.26 Å². The second-order valence-electron chi connectivity index (χ2n) is 4.99. The molecule has 1 aromatic heterocycles. The maximum absolute atomic E-state index is 11.6. The molecule has 0 radical (unpaired) electrons.